The number of aromatic nitrogens is 3. The van der Waals surface area contributed by atoms with Gasteiger partial charge in [0.1, 0.15) is 0 Å². The Morgan fingerprint density at radius 3 is 2.04 bits per heavy atom. The van der Waals surface area contributed by atoms with Crippen LogP contribution in [0, 0.1) is 0 Å². The van der Waals surface area contributed by atoms with Gasteiger partial charge in [-0.3, -0.25) is 0 Å². The molecule has 4 nitrogen and oxygen atoms in total. The van der Waals surface area contributed by atoms with E-state index in [9.17, 15) is 0 Å². The standard InChI is InChI=1S/C42H29GeN3O/c1-43(2)32-25-28(46-33-19-11-9-17-30(33)37-34(46)23-24-36-38(37)31-18-10-12-20-35(31)47-36)21-22-29(32)41-39(43)40(26-13-5-3-6-14-26)44-42(45-41)27-15-7-4-8-16-27/h3-25H,1-2H3. The average molecular weight is 664 g/mol. The summed E-state index contributed by atoms with van der Waals surface area (Å²) in [6.07, 6.45) is 0. The summed E-state index contributed by atoms with van der Waals surface area (Å²) in [5.74, 6) is 5.77. The van der Waals surface area contributed by atoms with Crippen molar-refractivity contribution in [3.63, 3.8) is 0 Å². The first-order valence-electron chi connectivity index (χ1n) is 16.1. The molecule has 9 aromatic rings. The van der Waals surface area contributed by atoms with Crippen LogP contribution in [0.5, 0.6) is 0 Å². The van der Waals surface area contributed by atoms with Crippen molar-refractivity contribution in [3.8, 4) is 39.6 Å². The summed E-state index contributed by atoms with van der Waals surface area (Å²) in [5.41, 5.74) is 11.0. The Balaban J connectivity index is 1.24. The van der Waals surface area contributed by atoms with Crippen LogP contribution in [0.2, 0.25) is 11.5 Å². The molecule has 0 radical (unpaired) electrons. The number of hydrogen-bond donors (Lipinski definition) is 0. The molecule has 0 bridgehead atoms. The van der Waals surface area contributed by atoms with Crippen molar-refractivity contribution in [1.82, 2.24) is 14.5 Å². The summed E-state index contributed by atoms with van der Waals surface area (Å²) in [4.78, 5) is 10.6. The molecule has 1 aliphatic heterocycles. The molecule has 6 aromatic carbocycles. The maximum atomic E-state index is 6.32. The van der Waals surface area contributed by atoms with E-state index < -0.39 is 13.3 Å². The Kier molecular flexibility index (Phi) is 5.56. The van der Waals surface area contributed by atoms with Crippen LogP contribution in [0.1, 0.15) is 0 Å². The van der Waals surface area contributed by atoms with Gasteiger partial charge < -0.3 is 0 Å². The van der Waals surface area contributed by atoms with E-state index in [1.54, 1.807) is 0 Å². The normalized spacial score (nSPS) is 13.5. The summed E-state index contributed by atoms with van der Waals surface area (Å²) in [5, 5.41) is 4.79. The van der Waals surface area contributed by atoms with Crippen LogP contribution < -0.4 is 8.79 Å². The molecule has 0 fully saturated rings. The van der Waals surface area contributed by atoms with Crippen LogP contribution in [0.3, 0.4) is 0 Å². The summed E-state index contributed by atoms with van der Waals surface area (Å²) in [6.45, 7) is 0. The number of rotatable bonds is 3. The van der Waals surface area contributed by atoms with Gasteiger partial charge in [0.2, 0.25) is 0 Å². The van der Waals surface area contributed by atoms with Crippen molar-refractivity contribution >= 4 is 65.8 Å². The molecular weight excluding hydrogens is 635 g/mol. The van der Waals surface area contributed by atoms with E-state index in [1.807, 2.05) is 12.1 Å². The van der Waals surface area contributed by atoms with Gasteiger partial charge in [0, 0.05) is 0 Å². The number of hydrogen-bond acceptors (Lipinski definition) is 3. The molecule has 5 heteroatoms. The van der Waals surface area contributed by atoms with Crippen LogP contribution in [0.25, 0.3) is 83.3 Å². The summed E-state index contributed by atoms with van der Waals surface area (Å²) in [7, 11) is 0. The number of para-hydroxylation sites is 2. The molecule has 10 rings (SSSR count). The Hall–Kier alpha value is -5.46. The van der Waals surface area contributed by atoms with Crippen molar-refractivity contribution in [2.75, 3.05) is 0 Å². The quantitative estimate of drug-likeness (QED) is 0.177. The van der Waals surface area contributed by atoms with E-state index in [4.69, 9.17) is 14.4 Å². The molecule has 0 saturated carbocycles. The molecule has 222 valence electrons. The number of benzene rings is 6. The van der Waals surface area contributed by atoms with Crippen molar-refractivity contribution < 1.29 is 4.42 Å². The first-order valence-corrected chi connectivity index (χ1v) is 22.4. The van der Waals surface area contributed by atoms with Gasteiger partial charge in [-0.1, -0.05) is 0 Å². The van der Waals surface area contributed by atoms with Crippen molar-refractivity contribution in [2.24, 2.45) is 0 Å². The predicted molar refractivity (Wildman–Crippen MR) is 197 cm³/mol. The number of fused-ring (bicyclic) bond motifs is 10. The SMILES string of the molecule is [CH3][Ge]1([CH3])[c]2cc(-n3c4ccccc4c4c5c(ccc43)oc3ccccc35)ccc2-c2nc(-c3ccccc3)nc(-c3ccccc3)[c]21. The van der Waals surface area contributed by atoms with E-state index in [-0.39, 0.29) is 0 Å². The predicted octanol–water partition coefficient (Wildman–Crippen LogP) is 9.61. The molecule has 0 N–H and O–H groups in total. The van der Waals surface area contributed by atoms with E-state index >= 15 is 0 Å². The molecule has 47 heavy (non-hydrogen) atoms. The Morgan fingerprint density at radius 2 is 1.23 bits per heavy atom. The maximum absolute atomic E-state index is 6.32. The van der Waals surface area contributed by atoms with Crippen molar-refractivity contribution in [2.45, 2.75) is 11.5 Å². The molecule has 0 aliphatic carbocycles. The van der Waals surface area contributed by atoms with Gasteiger partial charge in [-0.25, -0.2) is 0 Å². The van der Waals surface area contributed by atoms with Gasteiger partial charge in [-0.15, -0.1) is 0 Å². The minimum absolute atomic E-state index is 0.775. The molecule has 1 aliphatic rings. The molecule has 0 saturated heterocycles. The third-order valence-corrected chi connectivity index (χ3v) is 17.3. The molecule has 4 heterocycles. The fourth-order valence-electron chi connectivity index (χ4n) is 7.85. The van der Waals surface area contributed by atoms with Crippen LogP contribution in [-0.4, -0.2) is 27.8 Å². The van der Waals surface area contributed by atoms with E-state index in [1.165, 1.54) is 47.2 Å². The summed E-state index contributed by atoms with van der Waals surface area (Å²) >= 11 is -2.90. The van der Waals surface area contributed by atoms with Gasteiger partial charge >= 0.3 is 275 Å². The van der Waals surface area contributed by atoms with Crippen LogP contribution >= 0.6 is 0 Å². The van der Waals surface area contributed by atoms with E-state index in [2.05, 4.69) is 143 Å². The summed E-state index contributed by atoms with van der Waals surface area (Å²) in [6, 6.07) is 49.5. The van der Waals surface area contributed by atoms with Gasteiger partial charge in [-0.2, -0.15) is 0 Å². The molecule has 0 atom stereocenters. The molecule has 3 aromatic heterocycles. The van der Waals surface area contributed by atoms with Crippen LogP contribution in [0.4, 0.5) is 0 Å². The van der Waals surface area contributed by atoms with Gasteiger partial charge in [0.05, 0.1) is 0 Å². The second-order valence-corrected chi connectivity index (χ2v) is 22.0. The van der Waals surface area contributed by atoms with Gasteiger partial charge in [-0.05, 0) is 0 Å². The number of nitrogens with zero attached hydrogens (tertiary/aromatic N) is 3. The third kappa shape index (κ3) is 3.76. The Morgan fingerprint density at radius 1 is 0.553 bits per heavy atom. The van der Waals surface area contributed by atoms with Crippen molar-refractivity contribution in [3.05, 3.63) is 140 Å². The third-order valence-electron chi connectivity index (χ3n) is 9.98. The van der Waals surface area contributed by atoms with Gasteiger partial charge in [0.15, 0.2) is 0 Å². The van der Waals surface area contributed by atoms with Gasteiger partial charge in [0.25, 0.3) is 0 Å². The zero-order chi connectivity index (χ0) is 31.3. The van der Waals surface area contributed by atoms with E-state index in [0.29, 0.717) is 0 Å². The fourth-order valence-corrected chi connectivity index (χ4v) is 14.6. The monoisotopic (exact) mass is 665 g/mol. The molecular formula is C42H29GeN3O. The molecule has 0 amide bonds. The second-order valence-electron chi connectivity index (χ2n) is 13.0. The number of furan rings is 1. The van der Waals surface area contributed by atoms with Crippen LogP contribution in [0.15, 0.2) is 144 Å². The average Bonchev–Trinajstić information content (AvgIpc) is 3.74. The first kappa shape index (κ1) is 26.7. The zero-order valence-corrected chi connectivity index (χ0v) is 28.1. The van der Waals surface area contributed by atoms with Crippen molar-refractivity contribution in [1.29, 1.82) is 0 Å². The minimum atomic E-state index is -2.90. The fraction of sp³-hybridized carbons (Fsp3) is 0.0476. The Labute approximate surface area is 274 Å². The van der Waals surface area contributed by atoms with E-state index in [0.717, 1.165) is 44.9 Å². The topological polar surface area (TPSA) is 43.9 Å². The van der Waals surface area contributed by atoms with Crippen LogP contribution in [-0.2, 0) is 0 Å². The first-order chi connectivity index (χ1) is 23.1. The molecule has 0 unspecified atom stereocenters. The second kappa shape index (κ2) is 9.77. The summed E-state index contributed by atoms with van der Waals surface area (Å²) < 4.78 is 11.6. The Bertz CT molecular complexity index is 2710. The zero-order valence-electron chi connectivity index (χ0n) is 26.0. The molecule has 0 spiro atoms.